The Balaban J connectivity index is 1.91. The van der Waals surface area contributed by atoms with Gasteiger partial charge in [0.15, 0.2) is 5.82 Å². The topological polar surface area (TPSA) is 80.8 Å². The van der Waals surface area contributed by atoms with E-state index in [9.17, 15) is 0 Å². The van der Waals surface area contributed by atoms with E-state index in [1.165, 1.54) is 0 Å². The van der Waals surface area contributed by atoms with Crippen LogP contribution in [-0.2, 0) is 6.42 Å². The zero-order valence-electron chi connectivity index (χ0n) is 17.9. The van der Waals surface area contributed by atoms with Gasteiger partial charge in [-0.1, -0.05) is 37.1 Å². The molecule has 0 unspecified atom stereocenters. The summed E-state index contributed by atoms with van der Waals surface area (Å²) < 4.78 is 5.39. The van der Waals surface area contributed by atoms with Gasteiger partial charge in [0.05, 0.1) is 5.52 Å². The first-order chi connectivity index (χ1) is 14.5. The van der Waals surface area contributed by atoms with Crippen LogP contribution in [0.15, 0.2) is 42.5 Å². The Labute approximate surface area is 181 Å². The van der Waals surface area contributed by atoms with Crippen LogP contribution in [0.1, 0.15) is 33.0 Å². The molecule has 6 nitrogen and oxygen atoms in total. The maximum Gasteiger partial charge on any atom is 0.152 e. The summed E-state index contributed by atoms with van der Waals surface area (Å²) in [6.07, 6.45) is 3.91. The van der Waals surface area contributed by atoms with Crippen molar-refractivity contribution in [2.24, 2.45) is 0 Å². The Morgan fingerprint density at radius 2 is 1.90 bits per heavy atom. The molecule has 2 aromatic heterocycles. The van der Waals surface area contributed by atoms with Gasteiger partial charge in [-0.3, -0.25) is 0 Å². The van der Waals surface area contributed by atoms with E-state index in [-0.39, 0.29) is 6.04 Å². The van der Waals surface area contributed by atoms with E-state index in [0.717, 1.165) is 57.4 Å². The number of anilines is 2. The standard InChI is InChI=1S/C23H28N6S/c1-5-7-20-26-21-22(29(20)27-14(2)3)18-11-10-16(13-19(18)25-23(21)24)15-8-6-9-17(12-15)28-30-4/h6,8-14,27-28H,5,7H2,1-4H3,(H2,24,25). The van der Waals surface area contributed by atoms with Gasteiger partial charge in [-0.2, -0.15) is 0 Å². The lowest BCUT2D eigenvalue weighted by atomic mass is 10.0. The summed E-state index contributed by atoms with van der Waals surface area (Å²) >= 11 is 1.58. The maximum atomic E-state index is 6.36. The number of aryl methyl sites for hydroxylation is 1. The zero-order chi connectivity index (χ0) is 21.3. The number of fused-ring (bicyclic) bond motifs is 3. The fourth-order valence-corrected chi connectivity index (χ4v) is 4.11. The molecule has 2 aromatic carbocycles. The summed E-state index contributed by atoms with van der Waals surface area (Å²) in [5.74, 6) is 1.45. The van der Waals surface area contributed by atoms with Gasteiger partial charge in [-0.05, 0) is 55.7 Å². The number of imidazole rings is 1. The summed E-state index contributed by atoms with van der Waals surface area (Å²) in [5.41, 5.74) is 15.8. The van der Waals surface area contributed by atoms with Gasteiger partial charge in [0.25, 0.3) is 0 Å². The minimum atomic E-state index is 0.272. The molecule has 0 bridgehead atoms. The lowest BCUT2D eigenvalue weighted by molar-refractivity contribution is 0.699. The quantitative estimate of drug-likeness (QED) is 0.346. The van der Waals surface area contributed by atoms with Crippen LogP contribution in [0.4, 0.5) is 11.5 Å². The van der Waals surface area contributed by atoms with Crippen molar-refractivity contribution in [3.05, 3.63) is 48.3 Å². The highest BCUT2D eigenvalue weighted by atomic mass is 32.2. The van der Waals surface area contributed by atoms with Crippen molar-refractivity contribution in [3.63, 3.8) is 0 Å². The predicted molar refractivity (Wildman–Crippen MR) is 131 cm³/mol. The number of nitrogens with zero attached hydrogens (tertiary/aromatic N) is 3. The van der Waals surface area contributed by atoms with Gasteiger partial charge in [-0.25, -0.2) is 14.6 Å². The van der Waals surface area contributed by atoms with Crippen LogP contribution in [0.25, 0.3) is 33.1 Å². The summed E-state index contributed by atoms with van der Waals surface area (Å²) in [5, 5.41) is 1.05. The number of nitrogens with one attached hydrogen (secondary N) is 2. The zero-order valence-corrected chi connectivity index (χ0v) is 18.7. The van der Waals surface area contributed by atoms with E-state index in [2.05, 4.69) is 78.1 Å². The number of rotatable bonds is 7. The molecule has 0 aliphatic rings. The van der Waals surface area contributed by atoms with Gasteiger partial charge in [0, 0.05) is 29.8 Å². The minimum absolute atomic E-state index is 0.272. The molecular weight excluding hydrogens is 392 g/mol. The first kappa shape index (κ1) is 20.3. The number of benzene rings is 2. The highest BCUT2D eigenvalue weighted by Crippen LogP contribution is 2.32. The predicted octanol–water partition coefficient (Wildman–Crippen LogP) is 5.43. The van der Waals surface area contributed by atoms with Crippen LogP contribution in [-0.4, -0.2) is 26.9 Å². The largest absolute Gasteiger partial charge is 0.382 e. The molecule has 0 atom stereocenters. The van der Waals surface area contributed by atoms with Gasteiger partial charge in [-0.15, -0.1) is 0 Å². The molecule has 4 aromatic rings. The van der Waals surface area contributed by atoms with Crippen LogP contribution in [0.3, 0.4) is 0 Å². The van der Waals surface area contributed by atoms with Crippen molar-refractivity contribution < 1.29 is 0 Å². The Morgan fingerprint density at radius 1 is 1.10 bits per heavy atom. The molecule has 0 spiro atoms. The second kappa shape index (κ2) is 8.44. The first-order valence-electron chi connectivity index (χ1n) is 10.3. The summed E-state index contributed by atoms with van der Waals surface area (Å²) in [6, 6.07) is 15.0. The van der Waals surface area contributed by atoms with Crippen LogP contribution < -0.4 is 15.9 Å². The second-order valence-electron chi connectivity index (χ2n) is 7.71. The van der Waals surface area contributed by atoms with Crippen LogP contribution in [0.2, 0.25) is 0 Å². The Hall–Kier alpha value is -2.93. The number of nitrogen functional groups attached to an aromatic ring is 1. The van der Waals surface area contributed by atoms with Crippen LogP contribution in [0.5, 0.6) is 0 Å². The molecule has 0 saturated carbocycles. The van der Waals surface area contributed by atoms with Crippen molar-refractivity contribution in [1.29, 1.82) is 0 Å². The summed E-state index contributed by atoms with van der Waals surface area (Å²) in [7, 11) is 0. The summed E-state index contributed by atoms with van der Waals surface area (Å²) in [4.78, 5) is 9.52. The van der Waals surface area contributed by atoms with Crippen molar-refractivity contribution >= 4 is 45.4 Å². The second-order valence-corrected chi connectivity index (χ2v) is 8.32. The third kappa shape index (κ3) is 3.77. The van der Waals surface area contributed by atoms with E-state index in [1.54, 1.807) is 11.9 Å². The van der Waals surface area contributed by atoms with E-state index < -0.39 is 0 Å². The summed E-state index contributed by atoms with van der Waals surface area (Å²) in [6.45, 7) is 6.41. The van der Waals surface area contributed by atoms with Crippen molar-refractivity contribution in [2.75, 3.05) is 22.1 Å². The number of hydrogen-bond acceptors (Lipinski definition) is 6. The lowest BCUT2D eigenvalue weighted by Gasteiger charge is -2.16. The smallest absolute Gasteiger partial charge is 0.152 e. The fourth-order valence-electron chi connectivity index (χ4n) is 3.75. The highest BCUT2D eigenvalue weighted by molar-refractivity contribution is 7.99. The van der Waals surface area contributed by atoms with Gasteiger partial charge in [0.1, 0.15) is 16.9 Å². The molecule has 4 N–H and O–H groups in total. The molecule has 7 heteroatoms. The SMILES string of the molecule is CCCc1nc2c(N)nc3cc(-c4cccc(NSC)c4)ccc3c2n1NC(C)C. The van der Waals surface area contributed by atoms with E-state index in [1.807, 2.05) is 6.26 Å². The Morgan fingerprint density at radius 3 is 2.63 bits per heavy atom. The van der Waals surface area contributed by atoms with Crippen molar-refractivity contribution in [3.8, 4) is 11.1 Å². The molecule has 156 valence electrons. The van der Waals surface area contributed by atoms with E-state index in [0.29, 0.717) is 5.82 Å². The maximum absolute atomic E-state index is 6.36. The molecular formula is C23H28N6S. The van der Waals surface area contributed by atoms with Gasteiger partial charge < -0.3 is 15.9 Å². The first-order valence-corrected chi connectivity index (χ1v) is 11.5. The van der Waals surface area contributed by atoms with E-state index in [4.69, 9.17) is 15.7 Å². The third-order valence-electron chi connectivity index (χ3n) is 4.96. The Kier molecular flexibility index (Phi) is 5.72. The monoisotopic (exact) mass is 420 g/mol. The lowest BCUT2D eigenvalue weighted by Crippen LogP contribution is -2.24. The normalized spacial score (nSPS) is 11.5. The molecule has 0 amide bonds. The number of pyridine rings is 1. The molecule has 0 aliphatic heterocycles. The highest BCUT2D eigenvalue weighted by Gasteiger charge is 2.18. The molecule has 4 rings (SSSR count). The Bertz CT molecular complexity index is 1200. The van der Waals surface area contributed by atoms with Crippen LogP contribution >= 0.6 is 11.9 Å². The number of aromatic nitrogens is 3. The molecule has 0 saturated heterocycles. The average Bonchev–Trinajstić information content (AvgIpc) is 3.07. The fraction of sp³-hybridized carbons (Fsp3) is 0.304. The number of nitrogens with two attached hydrogens (primary N) is 1. The van der Waals surface area contributed by atoms with E-state index >= 15 is 0 Å². The van der Waals surface area contributed by atoms with Crippen molar-refractivity contribution in [1.82, 2.24) is 14.6 Å². The van der Waals surface area contributed by atoms with Gasteiger partial charge >= 0.3 is 0 Å². The third-order valence-corrected chi connectivity index (χ3v) is 5.40. The van der Waals surface area contributed by atoms with Crippen LogP contribution in [0, 0.1) is 0 Å². The van der Waals surface area contributed by atoms with Crippen molar-refractivity contribution in [2.45, 2.75) is 39.7 Å². The average molecular weight is 421 g/mol. The minimum Gasteiger partial charge on any atom is -0.382 e. The number of hydrogen-bond donors (Lipinski definition) is 3. The molecule has 30 heavy (non-hydrogen) atoms. The van der Waals surface area contributed by atoms with Gasteiger partial charge in [0.2, 0.25) is 0 Å². The molecule has 0 radical (unpaired) electrons. The molecule has 0 aliphatic carbocycles. The molecule has 0 fully saturated rings. The molecule has 2 heterocycles.